The fraction of sp³-hybridized carbons (Fsp3) is 0.400. The number of ether oxygens (including phenoxy) is 2. The summed E-state index contributed by atoms with van der Waals surface area (Å²) in [6.07, 6.45) is 5.65. The van der Waals surface area contributed by atoms with E-state index in [0.717, 1.165) is 36.7 Å². The van der Waals surface area contributed by atoms with E-state index in [9.17, 15) is 0 Å². The Balaban J connectivity index is 0.00000324. The Bertz CT molecular complexity index is 1050. The largest absolute Gasteiger partial charge is 0.491 e. The number of guanidine groups is 1. The van der Waals surface area contributed by atoms with Gasteiger partial charge in [-0.1, -0.05) is 36.4 Å². The first kappa shape index (κ1) is 26.0. The van der Waals surface area contributed by atoms with Gasteiger partial charge in [0.05, 0.1) is 12.6 Å². The lowest BCUT2D eigenvalue weighted by atomic mass is 10.1. The van der Waals surface area contributed by atoms with Crippen molar-refractivity contribution in [3.05, 3.63) is 77.4 Å². The number of nitrogens with zero attached hydrogens (tertiary/aromatic N) is 4. The highest BCUT2D eigenvalue weighted by Gasteiger charge is 2.17. The average molecular weight is 576 g/mol. The molecule has 8 nitrogen and oxygen atoms in total. The van der Waals surface area contributed by atoms with E-state index in [-0.39, 0.29) is 30.1 Å². The van der Waals surface area contributed by atoms with Crippen LogP contribution in [0, 0.1) is 6.92 Å². The second-order valence-electron chi connectivity index (χ2n) is 8.25. The number of rotatable bonds is 9. The summed E-state index contributed by atoms with van der Waals surface area (Å²) >= 11 is 0. The van der Waals surface area contributed by atoms with Gasteiger partial charge in [-0.25, -0.2) is 9.67 Å². The highest BCUT2D eigenvalue weighted by molar-refractivity contribution is 14.0. The van der Waals surface area contributed by atoms with Gasteiger partial charge in [-0.2, -0.15) is 5.10 Å². The zero-order valence-corrected chi connectivity index (χ0v) is 22.1. The number of halogens is 1. The zero-order valence-electron chi connectivity index (χ0n) is 19.7. The van der Waals surface area contributed by atoms with E-state index in [1.54, 1.807) is 19.7 Å². The molecule has 0 aliphatic carbocycles. The molecule has 1 saturated heterocycles. The number of aryl methyl sites for hydroxylation is 1. The van der Waals surface area contributed by atoms with Gasteiger partial charge in [0.1, 0.15) is 25.0 Å². The van der Waals surface area contributed by atoms with Gasteiger partial charge in [0.2, 0.25) is 0 Å². The molecule has 182 valence electrons. The van der Waals surface area contributed by atoms with Gasteiger partial charge in [0.15, 0.2) is 5.96 Å². The molecule has 0 amide bonds. The average Bonchev–Trinajstić information content (AvgIpc) is 3.53. The molecule has 2 heterocycles. The van der Waals surface area contributed by atoms with Crippen LogP contribution in [0.15, 0.2) is 60.1 Å². The molecule has 0 spiro atoms. The Hall–Kier alpha value is -2.66. The second kappa shape index (κ2) is 13.3. The molecule has 1 fully saturated rings. The molecule has 34 heavy (non-hydrogen) atoms. The molecule has 2 N–H and O–H groups in total. The number of nitrogens with one attached hydrogen (secondary N) is 2. The monoisotopic (exact) mass is 576 g/mol. The van der Waals surface area contributed by atoms with Crippen molar-refractivity contribution in [3.8, 4) is 5.75 Å². The van der Waals surface area contributed by atoms with E-state index >= 15 is 0 Å². The number of hydrogen-bond acceptors (Lipinski definition) is 5. The fourth-order valence-electron chi connectivity index (χ4n) is 3.83. The SMILES string of the molecule is CN=C(NCc1cccc(Cn2cncn2)c1)NCc1ccc(C)cc1OCC1CCCO1.I. The molecule has 1 aliphatic heterocycles. The summed E-state index contributed by atoms with van der Waals surface area (Å²) in [4.78, 5) is 8.37. The molecule has 1 aromatic heterocycles. The summed E-state index contributed by atoms with van der Waals surface area (Å²) in [5.74, 6) is 1.64. The van der Waals surface area contributed by atoms with Crippen LogP contribution >= 0.6 is 24.0 Å². The summed E-state index contributed by atoms with van der Waals surface area (Å²) in [6, 6.07) is 14.7. The van der Waals surface area contributed by atoms with Gasteiger partial charge < -0.3 is 20.1 Å². The minimum Gasteiger partial charge on any atom is -0.491 e. The smallest absolute Gasteiger partial charge is 0.191 e. The quantitative estimate of drug-likeness (QED) is 0.230. The highest BCUT2D eigenvalue weighted by Crippen LogP contribution is 2.22. The van der Waals surface area contributed by atoms with Gasteiger partial charge in [-0.05, 0) is 42.5 Å². The minimum absolute atomic E-state index is 0. The van der Waals surface area contributed by atoms with Crippen LogP contribution in [0.3, 0.4) is 0 Å². The molecule has 0 saturated carbocycles. The van der Waals surface area contributed by atoms with Crippen molar-refractivity contribution >= 4 is 29.9 Å². The van der Waals surface area contributed by atoms with E-state index < -0.39 is 0 Å². The first-order chi connectivity index (χ1) is 16.2. The van der Waals surface area contributed by atoms with Crippen LogP contribution in [0.1, 0.15) is 35.1 Å². The Morgan fingerprint density at radius 2 is 2.03 bits per heavy atom. The maximum absolute atomic E-state index is 6.12. The topological polar surface area (TPSA) is 85.6 Å². The van der Waals surface area contributed by atoms with Gasteiger partial charge in [-0.3, -0.25) is 4.99 Å². The van der Waals surface area contributed by atoms with Gasteiger partial charge in [0, 0.05) is 32.3 Å². The lowest BCUT2D eigenvalue weighted by Gasteiger charge is -2.17. The van der Waals surface area contributed by atoms with Crippen molar-refractivity contribution in [1.29, 1.82) is 0 Å². The molecular weight excluding hydrogens is 543 g/mol. The van der Waals surface area contributed by atoms with E-state index in [4.69, 9.17) is 9.47 Å². The van der Waals surface area contributed by atoms with Crippen LogP contribution in [0.2, 0.25) is 0 Å². The maximum atomic E-state index is 6.12. The van der Waals surface area contributed by atoms with E-state index in [0.29, 0.717) is 26.2 Å². The molecule has 0 radical (unpaired) electrons. The summed E-state index contributed by atoms with van der Waals surface area (Å²) in [5.41, 5.74) is 4.62. The highest BCUT2D eigenvalue weighted by atomic mass is 127. The fourth-order valence-corrected chi connectivity index (χ4v) is 3.83. The number of hydrogen-bond donors (Lipinski definition) is 2. The first-order valence-corrected chi connectivity index (χ1v) is 11.4. The third-order valence-electron chi connectivity index (χ3n) is 5.60. The first-order valence-electron chi connectivity index (χ1n) is 11.4. The predicted molar refractivity (Wildman–Crippen MR) is 144 cm³/mol. The summed E-state index contributed by atoms with van der Waals surface area (Å²) in [7, 11) is 1.78. The summed E-state index contributed by atoms with van der Waals surface area (Å²) in [6.45, 7) is 5.49. The van der Waals surface area contributed by atoms with Gasteiger partial charge in [0.25, 0.3) is 0 Å². The number of aliphatic imine (C=N–C) groups is 1. The predicted octanol–water partition coefficient (Wildman–Crippen LogP) is 3.68. The van der Waals surface area contributed by atoms with Crippen LogP contribution in [-0.4, -0.2) is 47.1 Å². The van der Waals surface area contributed by atoms with Crippen molar-refractivity contribution < 1.29 is 9.47 Å². The number of benzene rings is 2. The zero-order chi connectivity index (χ0) is 22.9. The van der Waals surface area contributed by atoms with Crippen molar-refractivity contribution in [2.45, 2.75) is 45.5 Å². The molecule has 2 aromatic carbocycles. The van der Waals surface area contributed by atoms with E-state index in [1.165, 1.54) is 16.7 Å². The van der Waals surface area contributed by atoms with Crippen LogP contribution in [0.25, 0.3) is 0 Å². The molecule has 1 atom stereocenters. The molecule has 1 aliphatic rings. The molecular formula is C25H33IN6O2. The van der Waals surface area contributed by atoms with Crippen molar-refractivity contribution in [2.24, 2.45) is 4.99 Å². The van der Waals surface area contributed by atoms with Crippen molar-refractivity contribution in [1.82, 2.24) is 25.4 Å². The van der Waals surface area contributed by atoms with Crippen LogP contribution < -0.4 is 15.4 Å². The van der Waals surface area contributed by atoms with Crippen LogP contribution in [0.5, 0.6) is 5.75 Å². The molecule has 0 bridgehead atoms. The van der Waals surface area contributed by atoms with Crippen LogP contribution in [0.4, 0.5) is 0 Å². The Labute approximate surface area is 218 Å². The summed E-state index contributed by atoms with van der Waals surface area (Å²) in [5, 5.41) is 11.0. The summed E-state index contributed by atoms with van der Waals surface area (Å²) < 4.78 is 13.6. The van der Waals surface area contributed by atoms with Crippen molar-refractivity contribution in [3.63, 3.8) is 0 Å². The minimum atomic E-state index is 0. The maximum Gasteiger partial charge on any atom is 0.191 e. The van der Waals surface area contributed by atoms with Gasteiger partial charge >= 0.3 is 0 Å². The Morgan fingerprint density at radius 3 is 2.79 bits per heavy atom. The van der Waals surface area contributed by atoms with Gasteiger partial charge in [-0.15, -0.1) is 24.0 Å². The third kappa shape index (κ3) is 7.69. The molecule has 9 heteroatoms. The van der Waals surface area contributed by atoms with Crippen molar-refractivity contribution in [2.75, 3.05) is 20.3 Å². The molecule has 1 unspecified atom stereocenters. The van der Waals surface area contributed by atoms with E-state index in [2.05, 4.69) is 75.1 Å². The Kier molecular flexibility index (Phi) is 10.1. The molecule has 3 aromatic rings. The number of aromatic nitrogens is 3. The van der Waals surface area contributed by atoms with Crippen LogP contribution in [-0.2, 0) is 24.4 Å². The Morgan fingerprint density at radius 1 is 1.18 bits per heavy atom. The normalized spacial score (nSPS) is 15.6. The molecule has 4 rings (SSSR count). The second-order valence-corrected chi connectivity index (χ2v) is 8.25. The standard InChI is InChI=1S/C25H32N6O2.HI/c1-19-8-9-22(24(11-19)33-16-23-7-4-10-32-23)14-29-25(26-2)28-13-20-5-3-6-21(12-20)15-31-18-27-17-30-31;/h3,5-6,8-9,11-12,17-18,23H,4,7,10,13-16H2,1-2H3,(H2,26,28,29);1H. The lowest BCUT2D eigenvalue weighted by molar-refractivity contribution is 0.0676. The lowest BCUT2D eigenvalue weighted by Crippen LogP contribution is -2.36. The third-order valence-corrected chi connectivity index (χ3v) is 5.60. The van der Waals surface area contributed by atoms with E-state index in [1.807, 2.05) is 4.68 Å².